The maximum absolute atomic E-state index is 8.49. The Labute approximate surface area is 54.0 Å². The fraction of sp³-hybridized carbons (Fsp3) is 0. The molecule has 0 aliphatic carbocycles. The number of halogens is 1. The van der Waals surface area contributed by atoms with Crippen LogP contribution in [0.3, 0.4) is 0 Å². The van der Waals surface area contributed by atoms with Gasteiger partial charge in [-0.25, -0.2) is 18.6 Å². The molecule has 0 aliphatic rings. The van der Waals surface area contributed by atoms with Gasteiger partial charge in [0.15, 0.2) is 0 Å². The Morgan fingerprint density at radius 1 is 0.857 bits per heavy atom. The van der Waals surface area contributed by atoms with Crippen LogP contribution in [-0.2, 0) is 17.1 Å². The van der Waals surface area contributed by atoms with Crippen LogP contribution in [0.4, 0.5) is 0 Å². The van der Waals surface area contributed by atoms with Crippen molar-refractivity contribution < 1.29 is 45.9 Å². The molecule has 4 nitrogen and oxygen atoms in total. The Bertz CT molecular complexity index is 27.2. The first-order valence-electron chi connectivity index (χ1n) is 0.617. The van der Waals surface area contributed by atoms with Gasteiger partial charge in [0.25, 0.3) is 0 Å². The summed E-state index contributed by atoms with van der Waals surface area (Å²) >= 11 is 0. The van der Waals surface area contributed by atoms with E-state index in [1.807, 2.05) is 0 Å². The molecule has 0 aromatic rings. The molecule has 0 rings (SSSR count). The normalized spacial score (nSPS) is 8.57. The molecule has 0 N–H and O–H groups in total. The Morgan fingerprint density at radius 3 is 0.857 bits per heavy atom. The largest absolute Gasteiger partial charge is 2.00 e. The molecule has 49 valence electrons. The van der Waals surface area contributed by atoms with Crippen LogP contribution < -0.4 is 18.6 Å². The minimum atomic E-state index is -4.94. The number of hydrogen-bond donors (Lipinski definition) is 0. The van der Waals surface area contributed by atoms with E-state index in [4.69, 9.17) is 18.6 Å². The zero-order valence-corrected chi connectivity index (χ0v) is 5.01. The zero-order valence-electron chi connectivity index (χ0n) is 3.31. The van der Waals surface area contributed by atoms with Gasteiger partial charge in [0.1, 0.15) is 0 Å². The van der Waals surface area contributed by atoms with Crippen molar-refractivity contribution >= 4 is 0 Å². The average molecular weight is 178 g/mol. The van der Waals surface area contributed by atoms with E-state index in [0.29, 0.717) is 0 Å². The van der Waals surface area contributed by atoms with Gasteiger partial charge >= 0.3 is 17.1 Å². The Balaban J connectivity index is -0.0000000800. The van der Waals surface area contributed by atoms with Crippen LogP contribution in [0.5, 0.6) is 0 Å². The van der Waals surface area contributed by atoms with Gasteiger partial charge in [0.2, 0.25) is 0 Å². The van der Waals surface area contributed by atoms with Crippen molar-refractivity contribution in [2.45, 2.75) is 0 Å². The maximum Gasteiger partial charge on any atom is 2.00 e. The summed E-state index contributed by atoms with van der Waals surface area (Å²) in [6.45, 7) is 0. The fourth-order valence-electron chi connectivity index (χ4n) is 0. The molecule has 0 fully saturated rings. The van der Waals surface area contributed by atoms with Crippen LogP contribution in [0.15, 0.2) is 0 Å². The standard InChI is InChI=1S/CH3.ClHO4.Cu/c;2-1(3,4)5;/h1H3;(H,2,3,4,5);/q-1;;+2/p-1. The van der Waals surface area contributed by atoms with E-state index < -0.39 is 10.2 Å². The van der Waals surface area contributed by atoms with E-state index in [1.165, 1.54) is 0 Å². The smallest absolute Gasteiger partial charge is 0.358 e. The van der Waals surface area contributed by atoms with E-state index in [-0.39, 0.29) is 24.5 Å². The van der Waals surface area contributed by atoms with Gasteiger partial charge in [-0.05, 0) is 0 Å². The predicted octanol–water partition coefficient (Wildman–Crippen LogP) is -4.31. The van der Waals surface area contributed by atoms with Gasteiger partial charge in [-0.3, -0.25) is 0 Å². The van der Waals surface area contributed by atoms with Crippen molar-refractivity contribution in [3.63, 3.8) is 0 Å². The summed E-state index contributed by atoms with van der Waals surface area (Å²) in [5.41, 5.74) is 0. The summed E-state index contributed by atoms with van der Waals surface area (Å²) < 4.78 is 34.0. The van der Waals surface area contributed by atoms with Crippen molar-refractivity contribution in [3.8, 4) is 0 Å². The van der Waals surface area contributed by atoms with E-state index >= 15 is 0 Å². The second-order valence-corrected chi connectivity index (χ2v) is 1.13. The van der Waals surface area contributed by atoms with E-state index in [2.05, 4.69) is 0 Å². The van der Waals surface area contributed by atoms with Crippen molar-refractivity contribution in [2.75, 3.05) is 0 Å². The number of hydrogen-bond acceptors (Lipinski definition) is 4. The predicted molar refractivity (Wildman–Crippen MR) is 6.41 cm³/mol. The molecule has 0 aromatic carbocycles. The van der Waals surface area contributed by atoms with E-state index in [9.17, 15) is 0 Å². The van der Waals surface area contributed by atoms with Crippen LogP contribution in [-0.4, -0.2) is 0 Å². The first-order chi connectivity index (χ1) is 2.00. The molecule has 0 spiro atoms. The fourth-order valence-corrected chi connectivity index (χ4v) is 0. The van der Waals surface area contributed by atoms with Crippen LogP contribution in [0.25, 0.3) is 0 Å². The molecule has 0 unspecified atom stereocenters. The summed E-state index contributed by atoms with van der Waals surface area (Å²) in [4.78, 5) is 0. The second kappa shape index (κ2) is 4.80. The van der Waals surface area contributed by atoms with Gasteiger partial charge in [-0.2, -0.15) is 0 Å². The minimum Gasteiger partial charge on any atom is -0.358 e. The van der Waals surface area contributed by atoms with Gasteiger partial charge in [-0.15, -0.1) is 10.2 Å². The molecule has 0 amide bonds. The Morgan fingerprint density at radius 2 is 0.857 bits per heavy atom. The monoisotopic (exact) mass is 177 g/mol. The first-order valence-corrected chi connectivity index (χ1v) is 1.85. The summed E-state index contributed by atoms with van der Waals surface area (Å²) in [6, 6.07) is 0. The average Bonchev–Trinajstić information content (AvgIpc) is 0.722. The van der Waals surface area contributed by atoms with Crippen LogP contribution in [0, 0.1) is 17.7 Å². The van der Waals surface area contributed by atoms with Crippen LogP contribution >= 0.6 is 0 Å². The SMILES string of the molecule is [CH3-].[Cu+2].[O-][Cl+3]([O-])([O-])[O-]. The van der Waals surface area contributed by atoms with Gasteiger partial charge < -0.3 is 7.43 Å². The molecule has 7 heavy (non-hydrogen) atoms. The molecule has 0 aromatic heterocycles. The third kappa shape index (κ3) is 341. The summed E-state index contributed by atoms with van der Waals surface area (Å²) in [7, 11) is -4.94. The summed E-state index contributed by atoms with van der Waals surface area (Å²) in [6.07, 6.45) is 0. The zero-order chi connectivity index (χ0) is 4.50. The van der Waals surface area contributed by atoms with Crippen molar-refractivity contribution in [3.05, 3.63) is 7.43 Å². The first kappa shape index (κ1) is 15.6. The Hall–Kier alpha value is 0.649. The van der Waals surface area contributed by atoms with Gasteiger partial charge in [-0.1, -0.05) is 0 Å². The molecular weight excluding hydrogens is 175 g/mol. The second-order valence-electron chi connectivity index (χ2n) is 0.378. The molecule has 0 aliphatic heterocycles. The molecule has 6 heteroatoms. The quantitative estimate of drug-likeness (QED) is 0.277. The third-order valence-corrected chi connectivity index (χ3v) is 0. The van der Waals surface area contributed by atoms with E-state index in [0.717, 1.165) is 0 Å². The molecular formula is CH3ClCuO4. The third-order valence-electron chi connectivity index (χ3n) is 0. The van der Waals surface area contributed by atoms with E-state index in [1.54, 1.807) is 0 Å². The maximum atomic E-state index is 8.49. The summed E-state index contributed by atoms with van der Waals surface area (Å²) in [5, 5.41) is 0. The number of rotatable bonds is 0. The van der Waals surface area contributed by atoms with Crippen molar-refractivity contribution in [1.29, 1.82) is 0 Å². The van der Waals surface area contributed by atoms with Crippen LogP contribution in [0.2, 0.25) is 0 Å². The molecule has 0 heterocycles. The van der Waals surface area contributed by atoms with Crippen molar-refractivity contribution in [1.82, 2.24) is 0 Å². The van der Waals surface area contributed by atoms with Gasteiger partial charge in [0, 0.05) is 0 Å². The minimum absolute atomic E-state index is 0. The molecule has 0 saturated carbocycles. The Kier molecular flexibility index (Phi) is 10.7. The molecule has 0 bridgehead atoms. The van der Waals surface area contributed by atoms with Crippen molar-refractivity contribution in [2.24, 2.45) is 0 Å². The topological polar surface area (TPSA) is 92.2 Å². The van der Waals surface area contributed by atoms with Gasteiger partial charge in [0.05, 0.1) is 0 Å². The molecule has 0 saturated heterocycles. The van der Waals surface area contributed by atoms with Crippen LogP contribution in [0.1, 0.15) is 0 Å². The molecule has 0 atom stereocenters. The molecule has 1 radical (unpaired) electrons. The summed E-state index contributed by atoms with van der Waals surface area (Å²) in [5.74, 6) is 0.